The van der Waals surface area contributed by atoms with E-state index in [0.717, 1.165) is 28.5 Å². The summed E-state index contributed by atoms with van der Waals surface area (Å²) in [7, 11) is 0. The first-order valence-electron chi connectivity index (χ1n) is 8.63. The molecule has 0 saturated carbocycles. The summed E-state index contributed by atoms with van der Waals surface area (Å²) >= 11 is 1.66. The number of nitrogens with one attached hydrogen (secondary N) is 1. The fourth-order valence-corrected chi connectivity index (χ4v) is 3.96. The van der Waals surface area contributed by atoms with Crippen LogP contribution in [-0.4, -0.2) is 28.9 Å². The number of hydrogen-bond donors (Lipinski definition) is 1. The van der Waals surface area contributed by atoms with Gasteiger partial charge >= 0.3 is 0 Å². The molecule has 0 bridgehead atoms. The first kappa shape index (κ1) is 17.1. The number of benzene rings is 1. The number of thiazole rings is 1. The maximum atomic E-state index is 12.3. The van der Waals surface area contributed by atoms with E-state index >= 15 is 0 Å². The van der Waals surface area contributed by atoms with Gasteiger partial charge in [-0.1, -0.05) is 24.1 Å². The number of carbonyl (C=O) groups excluding carboxylic acids is 1. The van der Waals surface area contributed by atoms with Gasteiger partial charge in [-0.25, -0.2) is 4.98 Å². The number of aryl methyl sites for hydroxylation is 2. The second kappa shape index (κ2) is 7.90. The summed E-state index contributed by atoms with van der Waals surface area (Å²) in [6.07, 6.45) is 4.26. The van der Waals surface area contributed by atoms with Gasteiger partial charge in [-0.3, -0.25) is 9.69 Å². The van der Waals surface area contributed by atoms with E-state index in [1.807, 2.05) is 24.4 Å². The number of aromatic nitrogens is 1. The average molecular weight is 343 g/mol. The molecule has 1 amide bonds. The fraction of sp³-hybridized carbons (Fsp3) is 0.474. The van der Waals surface area contributed by atoms with Gasteiger partial charge in [0.05, 0.1) is 18.7 Å². The maximum absolute atomic E-state index is 12.3. The van der Waals surface area contributed by atoms with Gasteiger partial charge in [0.2, 0.25) is 5.91 Å². The van der Waals surface area contributed by atoms with Gasteiger partial charge in [0, 0.05) is 11.1 Å². The molecule has 4 nitrogen and oxygen atoms in total. The highest BCUT2D eigenvalue weighted by Crippen LogP contribution is 2.18. The van der Waals surface area contributed by atoms with Gasteiger partial charge in [0.25, 0.3) is 0 Å². The molecule has 1 aromatic carbocycles. The van der Waals surface area contributed by atoms with Crippen LogP contribution in [-0.2, 0) is 17.8 Å². The monoisotopic (exact) mass is 343 g/mol. The molecule has 24 heavy (non-hydrogen) atoms. The van der Waals surface area contributed by atoms with Crippen LogP contribution in [0.5, 0.6) is 0 Å². The number of anilines is 1. The molecule has 5 heteroatoms. The molecule has 0 unspecified atom stereocenters. The van der Waals surface area contributed by atoms with Gasteiger partial charge in [0.1, 0.15) is 5.01 Å². The van der Waals surface area contributed by atoms with Crippen molar-refractivity contribution in [1.29, 1.82) is 0 Å². The van der Waals surface area contributed by atoms with Crippen molar-refractivity contribution in [2.45, 2.75) is 46.1 Å². The van der Waals surface area contributed by atoms with Gasteiger partial charge < -0.3 is 5.32 Å². The van der Waals surface area contributed by atoms with Crippen molar-refractivity contribution >= 4 is 22.9 Å². The zero-order chi connectivity index (χ0) is 16.9. The lowest BCUT2D eigenvalue weighted by Crippen LogP contribution is -2.29. The first-order valence-corrected chi connectivity index (χ1v) is 9.51. The van der Waals surface area contributed by atoms with E-state index in [4.69, 9.17) is 0 Å². The summed E-state index contributed by atoms with van der Waals surface area (Å²) in [6, 6.07) is 6.06. The van der Waals surface area contributed by atoms with Crippen molar-refractivity contribution in [3.63, 3.8) is 0 Å². The molecule has 128 valence electrons. The Morgan fingerprint density at radius 1 is 1.25 bits per heavy atom. The Morgan fingerprint density at radius 3 is 2.79 bits per heavy atom. The molecule has 1 aliphatic heterocycles. The molecule has 2 heterocycles. The third kappa shape index (κ3) is 4.65. The maximum Gasteiger partial charge on any atom is 0.230 e. The Hall–Kier alpha value is -1.72. The third-order valence-corrected chi connectivity index (χ3v) is 5.29. The molecular weight excluding hydrogens is 318 g/mol. The molecule has 1 aliphatic rings. The Morgan fingerprint density at radius 2 is 2.04 bits per heavy atom. The van der Waals surface area contributed by atoms with Crippen molar-refractivity contribution in [2.24, 2.45) is 0 Å². The van der Waals surface area contributed by atoms with E-state index in [0.29, 0.717) is 6.42 Å². The number of carbonyl (C=O) groups is 1. The van der Waals surface area contributed by atoms with Crippen LogP contribution in [0.25, 0.3) is 0 Å². The lowest BCUT2D eigenvalue weighted by molar-refractivity contribution is -0.115. The number of hydrogen-bond acceptors (Lipinski definition) is 4. The highest BCUT2D eigenvalue weighted by molar-refractivity contribution is 7.09. The lowest BCUT2D eigenvalue weighted by Gasteiger charge is -2.25. The molecule has 0 aliphatic carbocycles. The van der Waals surface area contributed by atoms with E-state index < -0.39 is 0 Å². The second-order valence-electron chi connectivity index (χ2n) is 6.61. The van der Waals surface area contributed by atoms with Crippen LogP contribution in [0.1, 0.15) is 41.1 Å². The number of amides is 1. The zero-order valence-electron chi connectivity index (χ0n) is 14.5. The number of nitrogens with zero attached hydrogens (tertiary/aromatic N) is 2. The van der Waals surface area contributed by atoms with Crippen LogP contribution < -0.4 is 5.32 Å². The molecule has 1 fully saturated rings. The van der Waals surface area contributed by atoms with E-state index in [1.165, 1.54) is 37.9 Å². The van der Waals surface area contributed by atoms with E-state index in [9.17, 15) is 4.79 Å². The van der Waals surface area contributed by atoms with Gasteiger partial charge in [-0.15, -0.1) is 11.3 Å². The molecule has 0 spiro atoms. The van der Waals surface area contributed by atoms with Crippen molar-refractivity contribution < 1.29 is 4.79 Å². The minimum Gasteiger partial charge on any atom is -0.326 e. The van der Waals surface area contributed by atoms with Crippen molar-refractivity contribution in [3.05, 3.63) is 45.4 Å². The summed E-state index contributed by atoms with van der Waals surface area (Å²) in [5, 5.41) is 6.12. The van der Waals surface area contributed by atoms with E-state index in [2.05, 4.69) is 28.2 Å². The molecule has 2 aromatic rings. The number of rotatable bonds is 5. The highest BCUT2D eigenvalue weighted by Gasteiger charge is 2.14. The Kier molecular flexibility index (Phi) is 5.63. The minimum absolute atomic E-state index is 0.00299. The van der Waals surface area contributed by atoms with Crippen molar-refractivity contribution in [1.82, 2.24) is 9.88 Å². The zero-order valence-corrected chi connectivity index (χ0v) is 15.3. The normalized spacial score (nSPS) is 15.4. The molecule has 1 N–H and O–H groups in total. The molecule has 3 rings (SSSR count). The molecule has 1 saturated heterocycles. The minimum atomic E-state index is -0.00299. The van der Waals surface area contributed by atoms with Crippen LogP contribution in [0, 0.1) is 13.8 Å². The Labute approximate surface area is 147 Å². The predicted molar refractivity (Wildman–Crippen MR) is 99.5 cm³/mol. The number of likely N-dealkylation sites (tertiary alicyclic amines) is 1. The largest absolute Gasteiger partial charge is 0.326 e. The Balaban J connectivity index is 1.54. The van der Waals surface area contributed by atoms with Gasteiger partial charge in [-0.2, -0.15) is 0 Å². The van der Waals surface area contributed by atoms with Gasteiger partial charge in [0.15, 0.2) is 0 Å². The fourth-order valence-electron chi connectivity index (χ4n) is 3.12. The van der Waals surface area contributed by atoms with Crippen LogP contribution >= 0.6 is 11.3 Å². The summed E-state index contributed by atoms with van der Waals surface area (Å²) < 4.78 is 0. The van der Waals surface area contributed by atoms with Crippen LogP contribution in [0.3, 0.4) is 0 Å². The highest BCUT2D eigenvalue weighted by atomic mass is 32.1. The molecule has 1 aromatic heterocycles. The second-order valence-corrected chi connectivity index (χ2v) is 7.56. The van der Waals surface area contributed by atoms with Crippen molar-refractivity contribution in [3.8, 4) is 0 Å². The summed E-state index contributed by atoms with van der Waals surface area (Å²) in [5.41, 5.74) is 4.04. The Bertz CT molecular complexity index is 704. The van der Waals surface area contributed by atoms with Gasteiger partial charge in [-0.05, 0) is 51.4 Å². The van der Waals surface area contributed by atoms with Crippen molar-refractivity contribution in [2.75, 3.05) is 18.4 Å². The first-order chi connectivity index (χ1) is 11.6. The lowest BCUT2D eigenvalue weighted by atomic mass is 10.1. The summed E-state index contributed by atoms with van der Waals surface area (Å²) in [4.78, 5) is 19.4. The quantitative estimate of drug-likeness (QED) is 0.895. The van der Waals surface area contributed by atoms with E-state index in [1.54, 1.807) is 11.3 Å². The average Bonchev–Trinajstić information content (AvgIpc) is 2.98. The number of piperidine rings is 1. The van der Waals surface area contributed by atoms with E-state index in [-0.39, 0.29) is 5.91 Å². The predicted octanol–water partition coefficient (Wildman–Crippen LogP) is 3.93. The smallest absolute Gasteiger partial charge is 0.230 e. The molecule has 0 radical (unpaired) electrons. The van der Waals surface area contributed by atoms with Crippen LogP contribution in [0.15, 0.2) is 23.6 Å². The van der Waals surface area contributed by atoms with Crippen LogP contribution in [0.4, 0.5) is 5.69 Å². The molecular formula is C19H25N3OS. The summed E-state index contributed by atoms with van der Waals surface area (Å²) in [6.45, 7) is 7.33. The van der Waals surface area contributed by atoms with Crippen LogP contribution in [0.2, 0.25) is 0 Å². The third-order valence-electron chi connectivity index (χ3n) is 4.40. The molecule has 0 atom stereocenters. The SMILES string of the molecule is Cc1ccc(NC(=O)Cc2csc(CN3CCCCC3)n2)c(C)c1. The topological polar surface area (TPSA) is 45.2 Å². The summed E-state index contributed by atoms with van der Waals surface area (Å²) in [5.74, 6) is -0.00299. The standard InChI is InChI=1S/C19H25N3OS/c1-14-6-7-17(15(2)10-14)21-18(23)11-16-13-24-19(20-16)12-22-8-4-3-5-9-22/h6-7,10,13H,3-5,8-9,11-12H2,1-2H3,(H,21,23).